The zero-order valence-electron chi connectivity index (χ0n) is 10.5. The zero-order valence-corrected chi connectivity index (χ0v) is 10.5. The van der Waals surface area contributed by atoms with Gasteiger partial charge in [-0.25, -0.2) is 9.18 Å². The molecule has 0 aliphatic heterocycles. The van der Waals surface area contributed by atoms with Crippen LogP contribution in [-0.4, -0.2) is 5.97 Å². The van der Waals surface area contributed by atoms with Gasteiger partial charge >= 0.3 is 5.97 Å². The fourth-order valence-corrected chi connectivity index (χ4v) is 2.00. The predicted molar refractivity (Wildman–Crippen MR) is 75.3 cm³/mol. The first kappa shape index (κ1) is 12.4. The summed E-state index contributed by atoms with van der Waals surface area (Å²) < 4.78 is 18.4. The Bertz CT molecular complexity index is 766. The summed E-state index contributed by atoms with van der Waals surface area (Å²) >= 11 is 0. The summed E-state index contributed by atoms with van der Waals surface area (Å²) in [6, 6.07) is 18.4. The van der Waals surface area contributed by atoms with Crippen LogP contribution in [0.5, 0.6) is 5.75 Å². The Morgan fingerprint density at radius 1 is 0.850 bits per heavy atom. The summed E-state index contributed by atoms with van der Waals surface area (Å²) in [4.78, 5) is 12.0. The van der Waals surface area contributed by atoms with Crippen molar-refractivity contribution in [2.45, 2.75) is 0 Å². The Morgan fingerprint density at radius 2 is 1.55 bits per heavy atom. The van der Waals surface area contributed by atoms with Crippen molar-refractivity contribution in [2.75, 3.05) is 0 Å². The van der Waals surface area contributed by atoms with Crippen LogP contribution in [0.15, 0.2) is 66.7 Å². The van der Waals surface area contributed by atoms with Crippen LogP contribution in [0, 0.1) is 5.82 Å². The molecule has 3 aromatic carbocycles. The molecule has 0 heterocycles. The molecule has 0 saturated carbocycles. The van der Waals surface area contributed by atoms with Crippen molar-refractivity contribution in [1.82, 2.24) is 0 Å². The highest BCUT2D eigenvalue weighted by atomic mass is 19.1. The maximum atomic E-state index is 13.1. The molecule has 0 spiro atoms. The Morgan fingerprint density at radius 3 is 2.35 bits per heavy atom. The van der Waals surface area contributed by atoms with Crippen LogP contribution in [0.2, 0.25) is 0 Å². The lowest BCUT2D eigenvalue weighted by atomic mass is 10.1. The number of para-hydroxylation sites is 1. The second kappa shape index (κ2) is 5.13. The minimum atomic E-state index is -0.428. The fourth-order valence-electron chi connectivity index (χ4n) is 2.00. The van der Waals surface area contributed by atoms with Crippen LogP contribution in [-0.2, 0) is 0 Å². The first-order valence-corrected chi connectivity index (χ1v) is 6.19. The smallest absolute Gasteiger partial charge is 0.343 e. The molecule has 0 aliphatic rings. The van der Waals surface area contributed by atoms with E-state index in [-0.39, 0.29) is 5.82 Å². The standard InChI is InChI=1S/C17H11FO2/c18-15-9-8-12-10-14(7-6-13(12)11-15)17(19)20-16-4-2-1-3-5-16/h1-11H. The predicted octanol–water partition coefficient (Wildman–Crippen LogP) is 4.20. The molecule has 3 rings (SSSR count). The quantitative estimate of drug-likeness (QED) is 0.513. The van der Waals surface area contributed by atoms with Gasteiger partial charge in [0.25, 0.3) is 0 Å². The molecule has 0 N–H and O–H groups in total. The largest absolute Gasteiger partial charge is 0.423 e. The lowest BCUT2D eigenvalue weighted by Gasteiger charge is -2.05. The number of ether oxygens (including phenoxy) is 1. The van der Waals surface area contributed by atoms with Crippen LogP contribution in [0.3, 0.4) is 0 Å². The number of benzene rings is 3. The van der Waals surface area contributed by atoms with E-state index in [2.05, 4.69) is 0 Å². The third-order valence-corrected chi connectivity index (χ3v) is 2.99. The highest BCUT2D eigenvalue weighted by Crippen LogP contribution is 2.19. The second-order valence-corrected chi connectivity index (χ2v) is 4.41. The first-order chi connectivity index (χ1) is 9.72. The third kappa shape index (κ3) is 2.52. The minimum Gasteiger partial charge on any atom is -0.423 e. The summed E-state index contributed by atoms with van der Waals surface area (Å²) in [7, 11) is 0. The number of fused-ring (bicyclic) bond motifs is 1. The highest BCUT2D eigenvalue weighted by molar-refractivity contribution is 5.96. The molecule has 0 amide bonds. The van der Waals surface area contributed by atoms with Crippen molar-refractivity contribution in [3.8, 4) is 5.75 Å². The fraction of sp³-hybridized carbons (Fsp3) is 0. The lowest BCUT2D eigenvalue weighted by Crippen LogP contribution is -2.08. The molecule has 0 radical (unpaired) electrons. The van der Waals surface area contributed by atoms with E-state index in [0.29, 0.717) is 11.3 Å². The average molecular weight is 266 g/mol. The van der Waals surface area contributed by atoms with Gasteiger partial charge in [-0.05, 0) is 47.2 Å². The number of carbonyl (C=O) groups is 1. The topological polar surface area (TPSA) is 26.3 Å². The van der Waals surface area contributed by atoms with Crippen molar-refractivity contribution in [3.05, 3.63) is 78.1 Å². The van der Waals surface area contributed by atoms with E-state index in [0.717, 1.165) is 10.8 Å². The molecule has 20 heavy (non-hydrogen) atoms. The molecular weight excluding hydrogens is 255 g/mol. The molecule has 98 valence electrons. The van der Waals surface area contributed by atoms with Crippen molar-refractivity contribution in [2.24, 2.45) is 0 Å². The molecule has 0 unspecified atom stereocenters. The van der Waals surface area contributed by atoms with E-state index in [1.807, 2.05) is 6.07 Å². The van der Waals surface area contributed by atoms with Gasteiger partial charge in [-0.15, -0.1) is 0 Å². The summed E-state index contributed by atoms with van der Waals surface area (Å²) in [5.41, 5.74) is 0.438. The highest BCUT2D eigenvalue weighted by Gasteiger charge is 2.09. The van der Waals surface area contributed by atoms with Crippen molar-refractivity contribution < 1.29 is 13.9 Å². The SMILES string of the molecule is O=C(Oc1ccccc1)c1ccc2cc(F)ccc2c1. The Hall–Kier alpha value is -2.68. The second-order valence-electron chi connectivity index (χ2n) is 4.41. The van der Waals surface area contributed by atoms with Crippen molar-refractivity contribution >= 4 is 16.7 Å². The molecule has 0 saturated heterocycles. The summed E-state index contributed by atoms with van der Waals surface area (Å²) in [5, 5.41) is 1.55. The molecule has 0 bridgehead atoms. The molecule has 3 aromatic rings. The van der Waals surface area contributed by atoms with Gasteiger partial charge in [0, 0.05) is 0 Å². The van der Waals surface area contributed by atoms with E-state index < -0.39 is 5.97 Å². The molecule has 0 fully saturated rings. The van der Waals surface area contributed by atoms with Gasteiger partial charge in [0.2, 0.25) is 0 Å². The third-order valence-electron chi connectivity index (χ3n) is 2.99. The summed E-state index contributed by atoms with van der Waals surface area (Å²) in [6.07, 6.45) is 0. The Balaban J connectivity index is 1.90. The lowest BCUT2D eigenvalue weighted by molar-refractivity contribution is 0.0735. The summed E-state index contributed by atoms with van der Waals surface area (Å²) in [5.74, 6) is -0.226. The van der Waals surface area contributed by atoms with Gasteiger partial charge in [0.1, 0.15) is 11.6 Å². The number of hydrogen-bond acceptors (Lipinski definition) is 2. The van der Waals surface area contributed by atoms with Crippen LogP contribution in [0.4, 0.5) is 4.39 Å². The monoisotopic (exact) mass is 266 g/mol. The van der Waals surface area contributed by atoms with Crippen LogP contribution < -0.4 is 4.74 Å². The molecule has 0 aliphatic carbocycles. The van der Waals surface area contributed by atoms with Gasteiger partial charge in [-0.2, -0.15) is 0 Å². The first-order valence-electron chi connectivity index (χ1n) is 6.19. The molecule has 2 nitrogen and oxygen atoms in total. The number of rotatable bonds is 2. The number of hydrogen-bond donors (Lipinski definition) is 0. The summed E-state index contributed by atoms with van der Waals surface area (Å²) in [6.45, 7) is 0. The zero-order chi connectivity index (χ0) is 13.9. The number of esters is 1. The van der Waals surface area contributed by atoms with Crippen LogP contribution in [0.1, 0.15) is 10.4 Å². The molecular formula is C17H11FO2. The van der Waals surface area contributed by atoms with Gasteiger partial charge in [0.15, 0.2) is 0 Å². The van der Waals surface area contributed by atoms with Gasteiger partial charge < -0.3 is 4.74 Å². The van der Waals surface area contributed by atoms with Gasteiger partial charge in [-0.1, -0.05) is 30.3 Å². The maximum absolute atomic E-state index is 13.1. The van der Waals surface area contributed by atoms with Gasteiger partial charge in [-0.3, -0.25) is 0 Å². The maximum Gasteiger partial charge on any atom is 0.343 e. The van der Waals surface area contributed by atoms with Gasteiger partial charge in [0.05, 0.1) is 5.56 Å². The van der Waals surface area contributed by atoms with Crippen molar-refractivity contribution in [1.29, 1.82) is 0 Å². The number of carbonyl (C=O) groups excluding carboxylic acids is 1. The Kier molecular flexibility index (Phi) is 3.17. The van der Waals surface area contributed by atoms with Crippen molar-refractivity contribution in [3.63, 3.8) is 0 Å². The van der Waals surface area contributed by atoms with E-state index in [4.69, 9.17) is 4.74 Å². The van der Waals surface area contributed by atoms with Crippen LogP contribution in [0.25, 0.3) is 10.8 Å². The Labute approximate surface area is 115 Å². The minimum absolute atomic E-state index is 0.294. The van der Waals surface area contributed by atoms with E-state index in [1.54, 1.807) is 48.5 Å². The van der Waals surface area contributed by atoms with E-state index in [9.17, 15) is 9.18 Å². The number of halogens is 1. The molecule has 0 aromatic heterocycles. The van der Waals surface area contributed by atoms with Crippen LogP contribution >= 0.6 is 0 Å². The van der Waals surface area contributed by atoms with E-state index >= 15 is 0 Å². The average Bonchev–Trinajstić information content (AvgIpc) is 2.47. The normalized spacial score (nSPS) is 10.4. The van der Waals surface area contributed by atoms with E-state index in [1.165, 1.54) is 12.1 Å². The molecule has 3 heteroatoms. The molecule has 0 atom stereocenters.